The number of aliphatic hydroxyl groups excluding tert-OH is 1. The van der Waals surface area contributed by atoms with E-state index in [2.05, 4.69) is 15.2 Å². The molecule has 0 unspecified atom stereocenters. The lowest BCUT2D eigenvalue weighted by Crippen LogP contribution is -2.36. The van der Waals surface area contributed by atoms with Gasteiger partial charge in [0.1, 0.15) is 17.5 Å². The van der Waals surface area contributed by atoms with Crippen LogP contribution in [0.4, 0.5) is 21.7 Å². The number of aliphatic hydroxyl groups is 1. The van der Waals surface area contributed by atoms with Crippen molar-refractivity contribution in [1.82, 2.24) is 4.98 Å². The van der Waals surface area contributed by atoms with Gasteiger partial charge in [-0.2, -0.15) is 0 Å². The Morgan fingerprint density at radius 2 is 2.04 bits per heavy atom. The fraction of sp³-hybridized carbons (Fsp3) is 0.389. The molecular weight excluding hydrogens is 323 g/mol. The monoisotopic (exact) mass is 346 g/mol. The van der Waals surface area contributed by atoms with Crippen LogP contribution >= 0.6 is 0 Å². The average molecular weight is 346 g/mol. The standard InChI is InChI=1S/C18H23FN4O2/c1-12-8-15(19)16(20)11-14(12)13-9-17(21-2-5-24)22-18(10-13)23-3-6-25-7-4-23/h8-11,24H,2-7,20H2,1H3,(H,21,22). The van der Waals surface area contributed by atoms with Crippen molar-refractivity contribution in [2.45, 2.75) is 6.92 Å². The number of hydrogen-bond acceptors (Lipinski definition) is 6. The molecule has 0 radical (unpaired) electrons. The van der Waals surface area contributed by atoms with Gasteiger partial charge in [0, 0.05) is 19.6 Å². The molecule has 1 aliphatic heterocycles. The van der Waals surface area contributed by atoms with Gasteiger partial charge in [-0.15, -0.1) is 0 Å². The van der Waals surface area contributed by atoms with Crippen LogP contribution in [0, 0.1) is 12.7 Å². The molecule has 7 heteroatoms. The van der Waals surface area contributed by atoms with Crippen molar-refractivity contribution in [3.63, 3.8) is 0 Å². The number of pyridine rings is 1. The van der Waals surface area contributed by atoms with Crippen LogP contribution in [0.15, 0.2) is 24.3 Å². The number of morpholine rings is 1. The van der Waals surface area contributed by atoms with E-state index >= 15 is 0 Å². The molecule has 1 fully saturated rings. The lowest BCUT2D eigenvalue weighted by Gasteiger charge is -2.28. The number of aryl methyl sites for hydroxylation is 1. The third-order valence-electron chi connectivity index (χ3n) is 4.22. The van der Waals surface area contributed by atoms with E-state index in [0.29, 0.717) is 25.6 Å². The Balaban J connectivity index is 2.03. The molecule has 0 saturated carbocycles. The minimum absolute atomic E-state index is 0.0152. The van der Waals surface area contributed by atoms with Gasteiger partial charge in [0.2, 0.25) is 0 Å². The molecule has 2 aromatic rings. The fourth-order valence-electron chi connectivity index (χ4n) is 2.90. The molecule has 4 N–H and O–H groups in total. The van der Waals surface area contributed by atoms with Crippen molar-refractivity contribution in [2.75, 3.05) is 55.4 Å². The lowest BCUT2D eigenvalue weighted by atomic mass is 10.00. The molecule has 6 nitrogen and oxygen atoms in total. The maximum absolute atomic E-state index is 13.7. The number of halogens is 1. The molecule has 0 amide bonds. The summed E-state index contributed by atoms with van der Waals surface area (Å²) in [5, 5.41) is 12.2. The number of nitrogens with one attached hydrogen (secondary N) is 1. The predicted octanol–water partition coefficient (Wildman–Crippen LogP) is 2.02. The highest BCUT2D eigenvalue weighted by molar-refractivity contribution is 5.75. The van der Waals surface area contributed by atoms with Crippen molar-refractivity contribution >= 4 is 17.3 Å². The Morgan fingerprint density at radius 1 is 1.28 bits per heavy atom. The van der Waals surface area contributed by atoms with Gasteiger partial charge < -0.3 is 25.8 Å². The van der Waals surface area contributed by atoms with Gasteiger partial charge in [0.15, 0.2) is 0 Å². The van der Waals surface area contributed by atoms with Crippen LogP contribution in [-0.4, -0.2) is 49.5 Å². The number of anilines is 3. The molecule has 134 valence electrons. The summed E-state index contributed by atoms with van der Waals surface area (Å²) in [7, 11) is 0. The Bertz CT molecular complexity index is 748. The van der Waals surface area contributed by atoms with Crippen LogP contribution in [0.1, 0.15) is 5.56 Å². The summed E-state index contributed by atoms with van der Waals surface area (Å²) in [6.07, 6.45) is 0. The Morgan fingerprint density at radius 3 is 2.76 bits per heavy atom. The number of nitrogen functional groups attached to an aromatic ring is 1. The van der Waals surface area contributed by atoms with Crippen molar-refractivity contribution < 1.29 is 14.2 Å². The molecule has 0 bridgehead atoms. The first-order valence-corrected chi connectivity index (χ1v) is 8.34. The van der Waals surface area contributed by atoms with Crippen molar-refractivity contribution in [3.8, 4) is 11.1 Å². The van der Waals surface area contributed by atoms with E-state index in [9.17, 15) is 4.39 Å². The maximum Gasteiger partial charge on any atom is 0.146 e. The number of benzene rings is 1. The van der Waals surface area contributed by atoms with Gasteiger partial charge in [-0.05, 0) is 47.9 Å². The second kappa shape index (κ2) is 7.67. The first-order chi connectivity index (χ1) is 12.1. The molecule has 25 heavy (non-hydrogen) atoms. The largest absolute Gasteiger partial charge is 0.396 e. The molecule has 1 aromatic carbocycles. The van der Waals surface area contributed by atoms with Gasteiger partial charge in [-0.25, -0.2) is 9.37 Å². The lowest BCUT2D eigenvalue weighted by molar-refractivity contribution is 0.122. The number of nitrogens with two attached hydrogens (primary N) is 1. The molecule has 1 aliphatic rings. The molecule has 1 saturated heterocycles. The fourth-order valence-corrected chi connectivity index (χ4v) is 2.90. The van der Waals surface area contributed by atoms with E-state index in [-0.39, 0.29) is 12.3 Å². The number of aromatic nitrogens is 1. The summed E-state index contributed by atoms with van der Waals surface area (Å²) >= 11 is 0. The smallest absolute Gasteiger partial charge is 0.146 e. The third-order valence-corrected chi connectivity index (χ3v) is 4.22. The minimum Gasteiger partial charge on any atom is -0.396 e. The Hall–Kier alpha value is -2.38. The SMILES string of the molecule is Cc1cc(F)c(N)cc1-c1cc(NCCO)nc(N2CCOCC2)c1. The van der Waals surface area contributed by atoms with Crippen molar-refractivity contribution in [2.24, 2.45) is 0 Å². The van der Waals surface area contributed by atoms with Crippen molar-refractivity contribution in [1.29, 1.82) is 0 Å². The molecule has 3 rings (SSSR count). The van der Waals surface area contributed by atoms with Gasteiger partial charge in [0.05, 0.1) is 25.5 Å². The van der Waals surface area contributed by atoms with E-state index in [0.717, 1.165) is 35.6 Å². The highest BCUT2D eigenvalue weighted by atomic mass is 19.1. The van der Waals surface area contributed by atoms with Crippen LogP contribution in [0.5, 0.6) is 0 Å². The summed E-state index contributed by atoms with van der Waals surface area (Å²) in [5.41, 5.74) is 8.45. The van der Waals surface area contributed by atoms with Crippen molar-refractivity contribution in [3.05, 3.63) is 35.6 Å². The topological polar surface area (TPSA) is 83.6 Å². The molecule has 0 aliphatic carbocycles. The molecule has 2 heterocycles. The quantitative estimate of drug-likeness (QED) is 0.719. The molecule has 0 spiro atoms. The maximum atomic E-state index is 13.7. The van der Waals surface area contributed by atoms with E-state index in [1.165, 1.54) is 6.07 Å². The Labute approximate surface area is 146 Å². The summed E-state index contributed by atoms with van der Waals surface area (Å²) in [4.78, 5) is 6.78. The zero-order chi connectivity index (χ0) is 17.8. The van der Waals surface area contributed by atoms with E-state index in [1.807, 2.05) is 19.1 Å². The highest BCUT2D eigenvalue weighted by Gasteiger charge is 2.16. The highest BCUT2D eigenvalue weighted by Crippen LogP contribution is 2.31. The summed E-state index contributed by atoms with van der Waals surface area (Å²) < 4.78 is 19.1. The number of rotatable bonds is 5. The average Bonchev–Trinajstić information content (AvgIpc) is 2.63. The van der Waals surface area contributed by atoms with Crippen LogP contribution in [-0.2, 0) is 4.74 Å². The summed E-state index contributed by atoms with van der Waals surface area (Å²) in [6, 6.07) is 6.97. The first-order valence-electron chi connectivity index (χ1n) is 8.34. The number of ether oxygens (including phenoxy) is 1. The minimum atomic E-state index is -0.415. The van der Waals surface area contributed by atoms with E-state index < -0.39 is 5.82 Å². The van der Waals surface area contributed by atoms with Crippen LogP contribution < -0.4 is 16.0 Å². The van der Waals surface area contributed by atoms with Gasteiger partial charge in [-0.1, -0.05) is 0 Å². The van der Waals surface area contributed by atoms with Gasteiger partial charge in [0.25, 0.3) is 0 Å². The number of hydrogen-bond donors (Lipinski definition) is 3. The normalized spacial score (nSPS) is 14.6. The molecule has 1 aromatic heterocycles. The summed E-state index contributed by atoms with van der Waals surface area (Å²) in [5.74, 6) is 1.07. The second-order valence-corrected chi connectivity index (χ2v) is 6.04. The van der Waals surface area contributed by atoms with Gasteiger partial charge >= 0.3 is 0 Å². The third kappa shape index (κ3) is 4.00. The summed E-state index contributed by atoms with van der Waals surface area (Å²) in [6.45, 7) is 5.13. The zero-order valence-corrected chi connectivity index (χ0v) is 14.3. The zero-order valence-electron chi connectivity index (χ0n) is 14.3. The number of nitrogens with zero attached hydrogens (tertiary/aromatic N) is 2. The van der Waals surface area contributed by atoms with E-state index in [4.69, 9.17) is 15.6 Å². The molecular formula is C18H23FN4O2. The second-order valence-electron chi connectivity index (χ2n) is 6.04. The first kappa shape index (κ1) is 17.4. The van der Waals surface area contributed by atoms with Crippen LogP contribution in [0.2, 0.25) is 0 Å². The van der Waals surface area contributed by atoms with E-state index in [1.54, 1.807) is 6.07 Å². The predicted molar refractivity (Wildman–Crippen MR) is 97.4 cm³/mol. The Kier molecular flexibility index (Phi) is 5.35. The molecule has 0 atom stereocenters. The van der Waals surface area contributed by atoms with Gasteiger partial charge in [-0.3, -0.25) is 0 Å². The van der Waals surface area contributed by atoms with Crippen LogP contribution in [0.25, 0.3) is 11.1 Å². The van der Waals surface area contributed by atoms with Crippen LogP contribution in [0.3, 0.4) is 0 Å².